The number of halogens is 1. The van der Waals surface area contributed by atoms with Gasteiger partial charge in [0.15, 0.2) is 0 Å². The van der Waals surface area contributed by atoms with Crippen molar-refractivity contribution in [2.45, 2.75) is 64.8 Å². The SMILES string of the molecule is CCC.CNCC(C1=CC(CN)=C(C)C(c2ccc(F)cc2)N1C)C1CC1.COc1cc(C=O)cc2sc(C3CC3)nc12. The second-order valence-corrected chi connectivity index (χ2v) is 12.8. The number of likely N-dealkylation sites (N-methyl/N-ethyl adjacent to an activating group) is 1. The third-order valence-electron chi connectivity index (χ3n) is 8.22. The Bertz CT molecular complexity index is 1440. The highest BCUT2D eigenvalue weighted by molar-refractivity contribution is 7.18. The highest BCUT2D eigenvalue weighted by atomic mass is 32.1. The summed E-state index contributed by atoms with van der Waals surface area (Å²) in [5.74, 6) is 2.42. The summed E-state index contributed by atoms with van der Waals surface area (Å²) in [6.45, 7) is 7.91. The number of nitrogens with zero attached hydrogens (tertiary/aromatic N) is 2. The van der Waals surface area contributed by atoms with Crippen LogP contribution in [0, 0.1) is 17.7 Å². The smallest absolute Gasteiger partial charge is 0.150 e. The number of fused-ring (bicyclic) bond motifs is 1. The summed E-state index contributed by atoms with van der Waals surface area (Å²) in [4.78, 5) is 17.8. The molecule has 2 atom stereocenters. The average molecular weight is 607 g/mol. The molecule has 2 aromatic carbocycles. The maximum Gasteiger partial charge on any atom is 0.150 e. The number of ether oxygens (including phenoxy) is 1. The van der Waals surface area contributed by atoms with Gasteiger partial charge in [0.1, 0.15) is 23.4 Å². The van der Waals surface area contributed by atoms with E-state index in [9.17, 15) is 9.18 Å². The van der Waals surface area contributed by atoms with E-state index in [-0.39, 0.29) is 11.9 Å². The van der Waals surface area contributed by atoms with Gasteiger partial charge in [-0.1, -0.05) is 32.4 Å². The van der Waals surface area contributed by atoms with Crippen LogP contribution in [-0.2, 0) is 0 Å². The lowest BCUT2D eigenvalue weighted by Gasteiger charge is -2.41. The number of aromatic nitrogens is 1. The number of aldehydes is 1. The predicted octanol–water partition coefficient (Wildman–Crippen LogP) is 7.63. The number of methoxy groups -OCH3 is 1. The predicted molar refractivity (Wildman–Crippen MR) is 176 cm³/mol. The summed E-state index contributed by atoms with van der Waals surface area (Å²) in [6.07, 6.45) is 9.47. The van der Waals surface area contributed by atoms with Crippen molar-refractivity contribution in [2.75, 3.05) is 34.3 Å². The average Bonchev–Trinajstić information content (AvgIpc) is 3.95. The largest absolute Gasteiger partial charge is 0.494 e. The van der Waals surface area contributed by atoms with Gasteiger partial charge < -0.3 is 20.7 Å². The number of carbonyl (C=O) groups is 1. The van der Waals surface area contributed by atoms with E-state index in [1.54, 1.807) is 36.6 Å². The number of benzene rings is 2. The van der Waals surface area contributed by atoms with E-state index in [0.717, 1.165) is 34.5 Å². The molecule has 6 rings (SSSR count). The van der Waals surface area contributed by atoms with E-state index in [2.05, 4.69) is 49.1 Å². The molecule has 2 unspecified atom stereocenters. The minimum atomic E-state index is -0.195. The molecule has 3 N–H and O–H groups in total. The Balaban J connectivity index is 0.000000192. The van der Waals surface area contributed by atoms with Gasteiger partial charge in [-0.15, -0.1) is 11.3 Å². The quantitative estimate of drug-likeness (QED) is 0.244. The standard InChI is InChI=1S/C20H28FN3.C12H11NO2S.C3H8/c1-13-16(11-22)10-19(18(12-23-2)14-4-5-14)24(3)20(13)15-6-8-17(21)9-7-15;1-15-9-4-7(6-14)5-10-11(9)13-12(16-10)8-2-3-8;1-3-2/h6-10,14,18,20,23H,4-5,11-12,22H2,1-3H3;4-6,8H,2-3H2,1H3;3H2,1-2H3. The van der Waals surface area contributed by atoms with E-state index in [0.29, 0.717) is 29.7 Å². The van der Waals surface area contributed by atoms with Gasteiger partial charge in [-0.3, -0.25) is 4.79 Å². The van der Waals surface area contributed by atoms with Crippen molar-refractivity contribution >= 4 is 27.8 Å². The molecule has 3 aromatic rings. The Kier molecular flexibility index (Phi) is 11.5. The number of hydrogen-bond acceptors (Lipinski definition) is 7. The first-order valence-electron chi connectivity index (χ1n) is 15.5. The summed E-state index contributed by atoms with van der Waals surface area (Å²) in [7, 11) is 5.78. The zero-order valence-electron chi connectivity index (χ0n) is 26.5. The van der Waals surface area contributed by atoms with Gasteiger partial charge in [0, 0.05) is 43.2 Å². The van der Waals surface area contributed by atoms with Gasteiger partial charge in [0.25, 0.3) is 0 Å². The van der Waals surface area contributed by atoms with Crippen molar-refractivity contribution in [1.29, 1.82) is 0 Å². The highest BCUT2D eigenvalue weighted by Crippen LogP contribution is 2.46. The number of rotatable bonds is 9. The molecule has 0 radical (unpaired) electrons. The van der Waals surface area contributed by atoms with Crippen LogP contribution in [0.25, 0.3) is 10.2 Å². The molecular weight excluding hydrogens is 559 g/mol. The number of thiazole rings is 1. The molecule has 0 spiro atoms. The monoisotopic (exact) mass is 606 g/mol. The fraction of sp³-hybridized carbons (Fsp3) is 0.486. The van der Waals surface area contributed by atoms with Crippen molar-refractivity contribution < 1.29 is 13.9 Å². The van der Waals surface area contributed by atoms with E-state index < -0.39 is 0 Å². The molecule has 3 aliphatic rings. The highest BCUT2D eigenvalue weighted by Gasteiger charge is 2.38. The van der Waals surface area contributed by atoms with Crippen LogP contribution in [0.1, 0.15) is 85.8 Å². The molecule has 8 heteroatoms. The zero-order chi connectivity index (χ0) is 31.1. The summed E-state index contributed by atoms with van der Waals surface area (Å²) in [5, 5.41) is 4.53. The first-order chi connectivity index (χ1) is 20.8. The fourth-order valence-corrected chi connectivity index (χ4v) is 6.92. The summed E-state index contributed by atoms with van der Waals surface area (Å²) >= 11 is 1.68. The molecule has 1 aromatic heterocycles. The minimum Gasteiger partial charge on any atom is -0.494 e. The van der Waals surface area contributed by atoms with E-state index in [4.69, 9.17) is 10.5 Å². The fourth-order valence-electron chi connectivity index (χ4n) is 5.71. The van der Waals surface area contributed by atoms with Crippen LogP contribution in [-0.4, -0.2) is 50.5 Å². The van der Waals surface area contributed by atoms with E-state index >= 15 is 0 Å². The van der Waals surface area contributed by atoms with Crippen molar-refractivity contribution in [3.8, 4) is 5.75 Å². The topological polar surface area (TPSA) is 80.5 Å². The van der Waals surface area contributed by atoms with Crippen LogP contribution >= 0.6 is 11.3 Å². The van der Waals surface area contributed by atoms with Crippen LogP contribution in [0.3, 0.4) is 0 Å². The molecule has 6 nitrogen and oxygen atoms in total. The molecule has 2 heterocycles. The molecule has 0 saturated heterocycles. The van der Waals surface area contributed by atoms with Crippen molar-refractivity contribution in [3.05, 3.63) is 81.3 Å². The second kappa shape index (κ2) is 15.1. The van der Waals surface area contributed by atoms with Crippen LogP contribution < -0.4 is 15.8 Å². The van der Waals surface area contributed by atoms with Gasteiger partial charge in [0.2, 0.25) is 0 Å². The Morgan fingerprint density at radius 2 is 1.86 bits per heavy atom. The van der Waals surface area contributed by atoms with Crippen LogP contribution in [0.5, 0.6) is 5.75 Å². The van der Waals surface area contributed by atoms with E-state index in [1.165, 1.54) is 54.0 Å². The lowest BCUT2D eigenvalue weighted by molar-refractivity contribution is 0.112. The summed E-state index contributed by atoms with van der Waals surface area (Å²) in [5.41, 5.74) is 12.5. The lowest BCUT2D eigenvalue weighted by Crippen LogP contribution is -2.36. The minimum absolute atomic E-state index is 0.127. The molecule has 2 fully saturated rings. The van der Waals surface area contributed by atoms with Gasteiger partial charge in [0.05, 0.1) is 22.9 Å². The Labute approximate surface area is 260 Å². The van der Waals surface area contributed by atoms with Crippen molar-refractivity contribution in [3.63, 3.8) is 0 Å². The van der Waals surface area contributed by atoms with Gasteiger partial charge in [-0.05, 0) is 92.6 Å². The number of hydrogen-bond donors (Lipinski definition) is 2. The Morgan fingerprint density at radius 3 is 2.40 bits per heavy atom. The molecule has 2 aliphatic carbocycles. The van der Waals surface area contributed by atoms with Crippen molar-refractivity contribution in [1.82, 2.24) is 15.2 Å². The third-order valence-corrected chi connectivity index (χ3v) is 9.38. The molecule has 2 saturated carbocycles. The first-order valence-corrected chi connectivity index (χ1v) is 16.3. The van der Waals surface area contributed by atoms with Gasteiger partial charge in [-0.25, -0.2) is 9.37 Å². The van der Waals surface area contributed by atoms with Gasteiger partial charge >= 0.3 is 0 Å². The molecule has 232 valence electrons. The number of nitrogens with two attached hydrogens (primary N) is 1. The van der Waals surface area contributed by atoms with Crippen molar-refractivity contribution in [2.24, 2.45) is 17.6 Å². The lowest BCUT2D eigenvalue weighted by atomic mass is 9.86. The zero-order valence-corrected chi connectivity index (χ0v) is 27.3. The van der Waals surface area contributed by atoms with E-state index in [1.807, 2.05) is 25.2 Å². The van der Waals surface area contributed by atoms with Crippen LogP contribution in [0.15, 0.2) is 59.3 Å². The maximum absolute atomic E-state index is 13.3. The third kappa shape index (κ3) is 7.91. The molecule has 0 bridgehead atoms. The second-order valence-electron chi connectivity index (χ2n) is 11.8. The Hall–Kier alpha value is -3.07. The number of carbonyl (C=O) groups excluding carboxylic acids is 1. The van der Waals surface area contributed by atoms with Crippen LogP contribution in [0.4, 0.5) is 4.39 Å². The number of nitrogens with one attached hydrogen (secondary N) is 1. The molecule has 1 aliphatic heterocycles. The molecular formula is C35H47FN4O2S. The van der Waals surface area contributed by atoms with Crippen LogP contribution in [0.2, 0.25) is 0 Å². The normalized spacial score (nSPS) is 18.7. The summed E-state index contributed by atoms with van der Waals surface area (Å²) < 4.78 is 19.7. The Morgan fingerprint density at radius 1 is 1.19 bits per heavy atom. The van der Waals surface area contributed by atoms with Gasteiger partial charge in [-0.2, -0.15) is 0 Å². The molecule has 43 heavy (non-hydrogen) atoms. The maximum atomic E-state index is 13.3. The first kappa shape index (κ1) is 32.8. The summed E-state index contributed by atoms with van der Waals surface area (Å²) in [6, 6.07) is 10.6. The molecule has 0 amide bonds.